The lowest BCUT2D eigenvalue weighted by atomic mass is 10.0. The fraction of sp³-hybridized carbons (Fsp3) is 0.833. The second-order valence-corrected chi connectivity index (χ2v) is 4.69. The van der Waals surface area contributed by atoms with Gasteiger partial charge in [0.2, 0.25) is 0 Å². The van der Waals surface area contributed by atoms with Gasteiger partial charge in [0.15, 0.2) is 5.79 Å². The molecule has 2 aliphatic heterocycles. The molecule has 0 radical (unpaired) electrons. The average Bonchev–Trinajstić information content (AvgIpc) is 2.63. The Balaban J connectivity index is 1.84. The molecule has 0 unspecified atom stereocenters. The van der Waals surface area contributed by atoms with Gasteiger partial charge >= 0.3 is 0 Å². The third kappa shape index (κ3) is 2.80. The number of hydrogen-bond acceptors (Lipinski definition) is 3. The van der Waals surface area contributed by atoms with E-state index in [1.807, 2.05) is 0 Å². The van der Waals surface area contributed by atoms with Crippen molar-refractivity contribution in [1.29, 1.82) is 0 Å². The Kier molecular flexibility index (Phi) is 3.44. The normalized spacial score (nSPS) is 25.9. The number of hydrogen-bond donors (Lipinski definition) is 0. The molecule has 0 saturated carbocycles. The lowest BCUT2D eigenvalue weighted by Gasteiger charge is -2.38. The Morgan fingerprint density at radius 3 is 2.80 bits per heavy atom. The molecule has 2 rings (SSSR count). The average molecular weight is 211 g/mol. The Morgan fingerprint density at radius 1 is 1.40 bits per heavy atom. The van der Waals surface area contributed by atoms with Crippen LogP contribution in [-0.2, 0) is 9.47 Å². The van der Waals surface area contributed by atoms with Crippen LogP contribution in [0, 0.1) is 0 Å². The number of nitrogens with zero attached hydrogens (tertiary/aromatic N) is 1. The summed E-state index contributed by atoms with van der Waals surface area (Å²) in [5.41, 5.74) is 1.25. The van der Waals surface area contributed by atoms with Gasteiger partial charge in [0.05, 0.1) is 19.8 Å². The summed E-state index contributed by atoms with van der Waals surface area (Å²) < 4.78 is 11.5. The summed E-state index contributed by atoms with van der Waals surface area (Å²) >= 11 is 0. The molecule has 0 atom stereocenters. The minimum Gasteiger partial charge on any atom is -0.346 e. The van der Waals surface area contributed by atoms with E-state index < -0.39 is 0 Å². The molecule has 2 fully saturated rings. The second-order valence-electron chi connectivity index (χ2n) is 4.69. The molecular weight excluding hydrogens is 190 g/mol. The molecule has 86 valence electrons. The summed E-state index contributed by atoms with van der Waals surface area (Å²) in [4.78, 5) is 2.43. The first-order valence-corrected chi connectivity index (χ1v) is 5.85. The smallest absolute Gasteiger partial charge is 0.181 e. The first-order valence-electron chi connectivity index (χ1n) is 5.85. The van der Waals surface area contributed by atoms with E-state index in [0.717, 1.165) is 39.1 Å². The Hall–Kier alpha value is -0.380. The molecule has 0 aromatic carbocycles. The molecule has 0 N–H and O–H groups in total. The zero-order valence-corrected chi connectivity index (χ0v) is 9.63. The Morgan fingerprint density at radius 2 is 2.13 bits per heavy atom. The summed E-state index contributed by atoms with van der Waals surface area (Å²) in [6.45, 7) is 10.7. The first-order chi connectivity index (χ1) is 7.20. The van der Waals surface area contributed by atoms with Crippen molar-refractivity contribution in [2.45, 2.75) is 32.0 Å². The summed E-state index contributed by atoms with van der Waals surface area (Å²) in [5.74, 6) is -0.271. The molecule has 1 spiro atoms. The van der Waals surface area contributed by atoms with Gasteiger partial charge in [0, 0.05) is 13.0 Å². The molecule has 3 heteroatoms. The van der Waals surface area contributed by atoms with Gasteiger partial charge in [-0.1, -0.05) is 5.57 Å². The van der Waals surface area contributed by atoms with E-state index in [1.165, 1.54) is 18.5 Å². The SMILES string of the molecule is C=C(C)CCN1CCCC2(C1)OCCO2. The first kappa shape index (κ1) is 11.1. The number of rotatable bonds is 3. The largest absolute Gasteiger partial charge is 0.346 e. The molecular formula is C12H21NO2. The maximum absolute atomic E-state index is 5.73. The number of likely N-dealkylation sites (tertiary alicyclic amines) is 1. The maximum atomic E-state index is 5.73. The lowest BCUT2D eigenvalue weighted by Crippen LogP contribution is -2.49. The van der Waals surface area contributed by atoms with Crippen LogP contribution in [-0.4, -0.2) is 43.5 Å². The molecule has 0 aliphatic carbocycles. The fourth-order valence-electron chi connectivity index (χ4n) is 2.34. The van der Waals surface area contributed by atoms with Gasteiger partial charge in [0.25, 0.3) is 0 Å². The molecule has 0 aromatic heterocycles. The van der Waals surface area contributed by atoms with Crippen LogP contribution in [0.15, 0.2) is 12.2 Å². The van der Waals surface area contributed by atoms with Crippen LogP contribution >= 0.6 is 0 Å². The van der Waals surface area contributed by atoms with Crippen LogP contribution in [0.4, 0.5) is 0 Å². The number of ether oxygens (including phenoxy) is 2. The van der Waals surface area contributed by atoms with Gasteiger partial charge in [0.1, 0.15) is 0 Å². The Labute approximate surface area is 92.0 Å². The predicted molar refractivity (Wildman–Crippen MR) is 59.7 cm³/mol. The highest BCUT2D eigenvalue weighted by atomic mass is 16.7. The van der Waals surface area contributed by atoms with E-state index in [4.69, 9.17) is 9.47 Å². The fourth-order valence-corrected chi connectivity index (χ4v) is 2.34. The van der Waals surface area contributed by atoms with E-state index in [1.54, 1.807) is 0 Å². The summed E-state index contributed by atoms with van der Waals surface area (Å²) in [6.07, 6.45) is 3.31. The summed E-state index contributed by atoms with van der Waals surface area (Å²) in [5, 5.41) is 0. The van der Waals surface area contributed by atoms with Crippen molar-refractivity contribution in [2.24, 2.45) is 0 Å². The highest BCUT2D eigenvalue weighted by Gasteiger charge is 2.40. The van der Waals surface area contributed by atoms with E-state index in [0.29, 0.717) is 0 Å². The van der Waals surface area contributed by atoms with Crippen molar-refractivity contribution in [3.8, 4) is 0 Å². The van der Waals surface area contributed by atoms with E-state index in [-0.39, 0.29) is 5.79 Å². The molecule has 2 saturated heterocycles. The monoisotopic (exact) mass is 211 g/mol. The zero-order chi connectivity index (χ0) is 10.7. The van der Waals surface area contributed by atoms with Crippen LogP contribution in [0.1, 0.15) is 26.2 Å². The van der Waals surface area contributed by atoms with Crippen molar-refractivity contribution >= 4 is 0 Å². The minimum absolute atomic E-state index is 0.271. The topological polar surface area (TPSA) is 21.7 Å². The lowest BCUT2D eigenvalue weighted by molar-refractivity contribution is -0.189. The van der Waals surface area contributed by atoms with Crippen LogP contribution < -0.4 is 0 Å². The van der Waals surface area contributed by atoms with E-state index in [9.17, 15) is 0 Å². The van der Waals surface area contributed by atoms with Crippen molar-refractivity contribution in [3.05, 3.63) is 12.2 Å². The quantitative estimate of drug-likeness (QED) is 0.664. The third-order valence-corrected chi connectivity index (χ3v) is 3.16. The molecule has 0 amide bonds. The van der Waals surface area contributed by atoms with Crippen LogP contribution in [0.5, 0.6) is 0 Å². The van der Waals surface area contributed by atoms with Gasteiger partial charge in [-0.05, 0) is 26.3 Å². The maximum Gasteiger partial charge on any atom is 0.181 e. The molecule has 0 aromatic rings. The van der Waals surface area contributed by atoms with Gasteiger partial charge in [-0.2, -0.15) is 0 Å². The van der Waals surface area contributed by atoms with E-state index >= 15 is 0 Å². The van der Waals surface area contributed by atoms with Crippen LogP contribution in [0.2, 0.25) is 0 Å². The second kappa shape index (κ2) is 4.64. The minimum atomic E-state index is -0.271. The van der Waals surface area contributed by atoms with Crippen molar-refractivity contribution < 1.29 is 9.47 Å². The highest BCUT2D eigenvalue weighted by Crippen LogP contribution is 2.30. The molecule has 2 aliphatic rings. The van der Waals surface area contributed by atoms with Gasteiger partial charge in [-0.15, -0.1) is 6.58 Å². The molecule has 3 nitrogen and oxygen atoms in total. The standard InChI is InChI=1S/C12H21NO2/c1-11(2)4-7-13-6-3-5-12(10-13)14-8-9-15-12/h1,3-10H2,2H3. The van der Waals surface area contributed by atoms with Crippen molar-refractivity contribution in [3.63, 3.8) is 0 Å². The van der Waals surface area contributed by atoms with Crippen LogP contribution in [0.3, 0.4) is 0 Å². The summed E-state index contributed by atoms with van der Waals surface area (Å²) in [6, 6.07) is 0. The highest BCUT2D eigenvalue weighted by molar-refractivity contribution is 4.91. The molecule has 15 heavy (non-hydrogen) atoms. The summed E-state index contributed by atoms with van der Waals surface area (Å²) in [7, 11) is 0. The zero-order valence-electron chi connectivity index (χ0n) is 9.63. The van der Waals surface area contributed by atoms with Crippen molar-refractivity contribution in [1.82, 2.24) is 4.90 Å². The van der Waals surface area contributed by atoms with Gasteiger partial charge in [-0.3, -0.25) is 4.90 Å². The van der Waals surface area contributed by atoms with Crippen LogP contribution in [0.25, 0.3) is 0 Å². The third-order valence-electron chi connectivity index (χ3n) is 3.16. The van der Waals surface area contributed by atoms with Gasteiger partial charge < -0.3 is 9.47 Å². The number of piperidine rings is 1. The van der Waals surface area contributed by atoms with Gasteiger partial charge in [-0.25, -0.2) is 0 Å². The Bertz CT molecular complexity index is 234. The molecule has 0 bridgehead atoms. The predicted octanol–water partition coefficient (Wildman–Crippen LogP) is 1.79. The van der Waals surface area contributed by atoms with Crippen molar-refractivity contribution in [2.75, 3.05) is 32.8 Å². The van der Waals surface area contributed by atoms with E-state index in [2.05, 4.69) is 18.4 Å². The molecule has 2 heterocycles.